The van der Waals surface area contributed by atoms with Crippen molar-refractivity contribution < 1.29 is 31.9 Å². The van der Waals surface area contributed by atoms with E-state index in [2.05, 4.69) is 15.0 Å². The lowest BCUT2D eigenvalue weighted by Gasteiger charge is -2.09. The Bertz CT molecular complexity index is 919. The van der Waals surface area contributed by atoms with Gasteiger partial charge in [0.15, 0.2) is 10.9 Å². The molecule has 0 aliphatic carbocycles. The second-order valence-corrected chi connectivity index (χ2v) is 6.18. The van der Waals surface area contributed by atoms with Crippen LogP contribution < -0.4 is 14.8 Å². The minimum absolute atomic E-state index is 0.00309. The highest BCUT2D eigenvalue weighted by Crippen LogP contribution is 2.25. The molecule has 0 radical (unpaired) electrons. The third kappa shape index (κ3) is 5.48. The van der Waals surface area contributed by atoms with Crippen LogP contribution in [0.25, 0.3) is 0 Å². The first-order chi connectivity index (χ1) is 12.8. The molecule has 2 heterocycles. The molecule has 0 saturated heterocycles. The highest BCUT2D eigenvalue weighted by Gasteiger charge is 2.30. The molecule has 1 aromatic carbocycles. The number of thiazole rings is 1. The molecule has 0 bridgehead atoms. The zero-order chi connectivity index (χ0) is 19.4. The molecule has 0 saturated carbocycles. The van der Waals surface area contributed by atoms with Gasteiger partial charge in [-0.3, -0.25) is 10.1 Å². The number of hydrogen-bond acceptors (Lipinski definition) is 6. The van der Waals surface area contributed by atoms with Crippen molar-refractivity contribution in [2.24, 2.45) is 0 Å². The molecule has 1 N–H and O–H groups in total. The number of rotatable bonds is 6. The van der Waals surface area contributed by atoms with Gasteiger partial charge in [0.2, 0.25) is 0 Å². The number of anilines is 1. The van der Waals surface area contributed by atoms with Gasteiger partial charge in [-0.05, 0) is 43.3 Å². The van der Waals surface area contributed by atoms with Crippen molar-refractivity contribution in [1.29, 1.82) is 0 Å². The van der Waals surface area contributed by atoms with E-state index in [0.717, 1.165) is 17.8 Å². The molecule has 0 fully saturated rings. The lowest BCUT2D eigenvalue weighted by Crippen LogP contribution is -2.16. The maximum atomic E-state index is 12.1. The van der Waals surface area contributed by atoms with E-state index < -0.39 is 12.3 Å². The summed E-state index contributed by atoms with van der Waals surface area (Å²) in [5.41, 5.74) is 0.801. The molecule has 27 heavy (non-hydrogen) atoms. The highest BCUT2D eigenvalue weighted by atomic mass is 32.1. The van der Waals surface area contributed by atoms with Gasteiger partial charge in [-0.15, -0.1) is 24.5 Å². The average Bonchev–Trinajstić information content (AvgIpc) is 3.22. The number of ether oxygens (including phenoxy) is 2. The summed E-state index contributed by atoms with van der Waals surface area (Å²) in [5.74, 6) is 0.0140. The number of furan rings is 1. The summed E-state index contributed by atoms with van der Waals surface area (Å²) in [7, 11) is 0. The fraction of sp³-hybridized carbons (Fsp3) is 0.176. The van der Waals surface area contributed by atoms with Crippen LogP contribution in [-0.2, 0) is 6.61 Å². The quantitative estimate of drug-likeness (QED) is 0.647. The molecule has 0 atom stereocenters. The van der Waals surface area contributed by atoms with Gasteiger partial charge in [0.05, 0.1) is 5.69 Å². The number of carbonyl (C=O) groups excluding carboxylic acids is 1. The zero-order valence-corrected chi connectivity index (χ0v) is 14.7. The molecule has 10 heteroatoms. The predicted molar refractivity (Wildman–Crippen MR) is 91.0 cm³/mol. The van der Waals surface area contributed by atoms with E-state index in [0.29, 0.717) is 16.6 Å². The van der Waals surface area contributed by atoms with Crippen LogP contribution in [0.15, 0.2) is 46.2 Å². The summed E-state index contributed by atoms with van der Waals surface area (Å²) >= 11 is 1.30. The van der Waals surface area contributed by atoms with E-state index in [1.807, 2.05) is 12.3 Å². The number of aryl methyl sites for hydroxylation is 1. The zero-order valence-electron chi connectivity index (χ0n) is 13.9. The molecule has 2 aromatic heterocycles. The number of hydrogen-bond donors (Lipinski definition) is 1. The van der Waals surface area contributed by atoms with Crippen molar-refractivity contribution in [3.8, 4) is 11.5 Å². The van der Waals surface area contributed by atoms with Gasteiger partial charge in [-0.1, -0.05) is 0 Å². The molecular formula is C17H13F3N2O4S. The molecule has 1 amide bonds. The summed E-state index contributed by atoms with van der Waals surface area (Å²) in [6, 6.07) is 8.02. The average molecular weight is 398 g/mol. The molecule has 6 nitrogen and oxygen atoms in total. The van der Waals surface area contributed by atoms with E-state index in [-0.39, 0.29) is 18.1 Å². The summed E-state index contributed by atoms with van der Waals surface area (Å²) < 4.78 is 50.9. The number of alkyl halides is 3. The molecule has 0 spiro atoms. The van der Waals surface area contributed by atoms with E-state index in [1.165, 1.54) is 29.5 Å². The van der Waals surface area contributed by atoms with Crippen molar-refractivity contribution in [2.45, 2.75) is 19.9 Å². The van der Waals surface area contributed by atoms with Crippen LogP contribution in [0, 0.1) is 6.92 Å². The van der Waals surface area contributed by atoms with Gasteiger partial charge < -0.3 is 13.9 Å². The van der Waals surface area contributed by atoms with Crippen molar-refractivity contribution in [1.82, 2.24) is 4.98 Å². The van der Waals surface area contributed by atoms with E-state index in [4.69, 9.17) is 9.15 Å². The Labute approximate surface area is 155 Å². The fourth-order valence-electron chi connectivity index (χ4n) is 2.04. The molecule has 3 aromatic rings. The lowest BCUT2D eigenvalue weighted by atomic mass is 10.3. The van der Waals surface area contributed by atoms with Gasteiger partial charge in [0.1, 0.15) is 23.9 Å². The summed E-state index contributed by atoms with van der Waals surface area (Å²) in [6.07, 6.45) is -4.75. The van der Waals surface area contributed by atoms with Crippen LogP contribution in [0.3, 0.4) is 0 Å². The summed E-state index contributed by atoms with van der Waals surface area (Å²) in [4.78, 5) is 16.2. The minimum Gasteiger partial charge on any atom is -0.486 e. The first-order valence-electron chi connectivity index (χ1n) is 7.59. The second-order valence-electron chi connectivity index (χ2n) is 5.32. The number of amides is 1. The van der Waals surface area contributed by atoms with Crippen molar-refractivity contribution in [3.05, 3.63) is 59.0 Å². The Morgan fingerprint density at radius 3 is 2.52 bits per heavy atom. The third-order valence-electron chi connectivity index (χ3n) is 3.16. The fourth-order valence-corrected chi connectivity index (χ4v) is 2.72. The molecular weight excluding hydrogens is 385 g/mol. The maximum Gasteiger partial charge on any atom is 0.573 e. The first kappa shape index (κ1) is 18.8. The van der Waals surface area contributed by atoms with Crippen molar-refractivity contribution in [3.63, 3.8) is 0 Å². The van der Waals surface area contributed by atoms with Crippen molar-refractivity contribution in [2.75, 3.05) is 5.32 Å². The lowest BCUT2D eigenvalue weighted by molar-refractivity contribution is -0.274. The number of nitrogens with zero attached hydrogens (tertiary/aromatic N) is 1. The smallest absolute Gasteiger partial charge is 0.486 e. The van der Waals surface area contributed by atoms with Crippen LogP contribution in [0.2, 0.25) is 0 Å². The first-order valence-corrected chi connectivity index (χ1v) is 8.47. The molecule has 0 aliphatic heterocycles. The van der Waals surface area contributed by atoms with Crippen LogP contribution in [0.1, 0.15) is 22.0 Å². The standard InChI is InChI=1S/C17H13F3N2O4S/c1-10-9-27-16(21-10)22-15(23)14-7-6-13(25-14)8-24-11-2-4-12(5-3-11)26-17(18,19)20/h2-7,9H,8H2,1H3,(H,21,22,23). The largest absolute Gasteiger partial charge is 0.573 e. The Kier molecular flexibility index (Phi) is 5.36. The normalized spacial score (nSPS) is 11.3. The molecule has 3 rings (SSSR count). The predicted octanol–water partition coefficient (Wildman–Crippen LogP) is 4.77. The number of halogens is 3. The van der Waals surface area contributed by atoms with Crippen molar-refractivity contribution >= 4 is 22.4 Å². The molecule has 142 valence electrons. The van der Waals surface area contributed by atoms with Crippen LogP contribution in [0.4, 0.5) is 18.3 Å². The van der Waals surface area contributed by atoms with Gasteiger partial charge in [0.25, 0.3) is 5.91 Å². The van der Waals surface area contributed by atoms with Gasteiger partial charge >= 0.3 is 6.36 Å². The summed E-state index contributed by atoms with van der Waals surface area (Å²) in [6.45, 7) is 1.82. The Hall–Kier alpha value is -3.01. The van der Waals surface area contributed by atoms with Gasteiger partial charge in [0, 0.05) is 5.38 Å². The molecule has 0 aliphatic rings. The van der Waals surface area contributed by atoms with Crippen LogP contribution in [-0.4, -0.2) is 17.3 Å². The Morgan fingerprint density at radius 2 is 1.89 bits per heavy atom. The maximum absolute atomic E-state index is 12.1. The summed E-state index contributed by atoms with van der Waals surface area (Å²) in [5, 5.41) is 4.89. The van der Waals surface area contributed by atoms with Gasteiger partial charge in [-0.25, -0.2) is 4.98 Å². The number of nitrogens with one attached hydrogen (secondary N) is 1. The van der Waals surface area contributed by atoms with Gasteiger partial charge in [-0.2, -0.15) is 0 Å². The topological polar surface area (TPSA) is 73.6 Å². The Morgan fingerprint density at radius 1 is 1.19 bits per heavy atom. The third-order valence-corrected chi connectivity index (χ3v) is 4.04. The van der Waals surface area contributed by atoms with Crippen LogP contribution >= 0.6 is 11.3 Å². The van der Waals surface area contributed by atoms with Crippen LogP contribution in [0.5, 0.6) is 11.5 Å². The number of benzene rings is 1. The van der Waals surface area contributed by atoms with E-state index in [9.17, 15) is 18.0 Å². The Balaban J connectivity index is 1.54. The minimum atomic E-state index is -4.75. The number of carbonyl (C=O) groups is 1. The second kappa shape index (κ2) is 7.70. The molecule has 0 unspecified atom stereocenters. The monoisotopic (exact) mass is 398 g/mol. The van der Waals surface area contributed by atoms with E-state index in [1.54, 1.807) is 6.07 Å². The number of aromatic nitrogens is 1. The van der Waals surface area contributed by atoms with E-state index >= 15 is 0 Å². The highest BCUT2D eigenvalue weighted by molar-refractivity contribution is 7.13. The SMILES string of the molecule is Cc1csc(NC(=O)c2ccc(COc3ccc(OC(F)(F)F)cc3)o2)n1.